The summed E-state index contributed by atoms with van der Waals surface area (Å²) in [6.45, 7) is 1.97. The van der Waals surface area contributed by atoms with Gasteiger partial charge in [-0.1, -0.05) is 0 Å². The molecule has 7 N–H and O–H groups in total. The molecule has 0 aromatic carbocycles. The van der Waals surface area contributed by atoms with E-state index in [9.17, 15) is 0 Å². The minimum atomic E-state index is -4.64. The zero-order valence-corrected chi connectivity index (χ0v) is 9.78. The third kappa shape index (κ3) is 50.2. The molecule has 16 heavy (non-hydrogen) atoms. The third-order valence-electron chi connectivity index (χ3n) is 0.635. The van der Waals surface area contributed by atoms with E-state index < -0.39 is 15.6 Å². The molecule has 0 unspecified atom stereocenters. The molecule has 0 fully saturated rings. The number of imidazole rings is 1. The summed E-state index contributed by atoms with van der Waals surface area (Å²) in [5.74, 6) is 0. The quantitative estimate of drug-likeness (QED) is 0.288. The van der Waals surface area contributed by atoms with Crippen LogP contribution in [-0.4, -0.2) is 39.3 Å². The minimum Gasteiger partial charge on any atom is -0.349 e. The number of nitrogens with zero attached hydrogens (tertiary/aromatic N) is 1. The van der Waals surface area contributed by atoms with Crippen molar-refractivity contribution in [2.24, 2.45) is 0 Å². The van der Waals surface area contributed by atoms with Gasteiger partial charge in [-0.05, 0) is 6.92 Å². The summed E-state index contributed by atoms with van der Waals surface area (Å²) >= 11 is 0. The Morgan fingerprint density at radius 2 is 1.38 bits per heavy atom. The van der Waals surface area contributed by atoms with Crippen LogP contribution < -0.4 is 0 Å². The summed E-state index contributed by atoms with van der Waals surface area (Å²) in [4.78, 5) is 49.8. The van der Waals surface area contributed by atoms with E-state index in [1.54, 1.807) is 12.5 Å². The van der Waals surface area contributed by atoms with Gasteiger partial charge in [0.15, 0.2) is 0 Å². The molecule has 0 saturated heterocycles. The molecule has 0 aliphatic carbocycles. The summed E-state index contributed by atoms with van der Waals surface area (Å²) in [5.41, 5.74) is 1.11. The van der Waals surface area contributed by atoms with E-state index in [-0.39, 0.29) is 0 Å². The van der Waals surface area contributed by atoms with Crippen LogP contribution in [0.4, 0.5) is 0 Å². The van der Waals surface area contributed by atoms with Crippen LogP contribution in [0.15, 0.2) is 12.5 Å². The minimum absolute atomic E-state index is 1.11. The van der Waals surface area contributed by atoms with E-state index >= 15 is 0 Å². The fraction of sp³-hybridized carbons (Fsp3) is 0.250. The molecule has 0 spiro atoms. The van der Waals surface area contributed by atoms with Gasteiger partial charge in [-0.3, -0.25) is 0 Å². The SMILES string of the molecule is Cc1cnc[nH]1.O=P(O)(O)O.O=P(O)(O)O. The Morgan fingerprint density at radius 1 is 1.06 bits per heavy atom. The number of rotatable bonds is 0. The van der Waals surface area contributed by atoms with Gasteiger partial charge in [0, 0.05) is 11.9 Å². The van der Waals surface area contributed by atoms with Gasteiger partial charge >= 0.3 is 15.6 Å². The van der Waals surface area contributed by atoms with Crippen molar-refractivity contribution < 1.29 is 38.5 Å². The summed E-state index contributed by atoms with van der Waals surface area (Å²) in [6.07, 6.45) is 3.44. The number of aryl methyl sites for hydroxylation is 1. The van der Waals surface area contributed by atoms with Gasteiger partial charge in [0.25, 0.3) is 0 Å². The van der Waals surface area contributed by atoms with Crippen LogP contribution in [0.3, 0.4) is 0 Å². The molecule has 1 rings (SSSR count). The van der Waals surface area contributed by atoms with E-state index in [4.69, 9.17) is 38.5 Å². The first-order valence-corrected chi connectivity index (χ1v) is 6.54. The second kappa shape index (κ2) is 7.66. The first-order chi connectivity index (χ1) is 6.89. The molecule has 1 heterocycles. The Kier molecular flexibility index (Phi) is 8.53. The Labute approximate surface area is 90.1 Å². The average Bonchev–Trinajstić information content (AvgIpc) is 2.30. The molecule has 0 atom stereocenters. The highest BCUT2D eigenvalue weighted by Gasteiger charge is 2.00. The lowest BCUT2D eigenvalue weighted by Gasteiger charge is -1.82. The molecular weight excluding hydrogens is 266 g/mol. The van der Waals surface area contributed by atoms with Crippen LogP contribution in [-0.2, 0) is 9.13 Å². The molecule has 0 radical (unpaired) electrons. The lowest BCUT2D eigenvalue weighted by atomic mass is 10.6. The number of aromatic nitrogens is 2. The van der Waals surface area contributed by atoms with Crippen molar-refractivity contribution in [2.75, 3.05) is 0 Å². The number of phosphoric acid groups is 2. The fourth-order valence-corrected chi connectivity index (χ4v) is 0.325. The second-order valence-electron chi connectivity index (χ2n) is 2.26. The van der Waals surface area contributed by atoms with Crippen molar-refractivity contribution in [1.82, 2.24) is 9.97 Å². The van der Waals surface area contributed by atoms with E-state index in [1.807, 2.05) is 6.92 Å². The van der Waals surface area contributed by atoms with Gasteiger partial charge in [-0.25, -0.2) is 14.1 Å². The van der Waals surface area contributed by atoms with Crippen molar-refractivity contribution in [3.8, 4) is 0 Å². The molecule has 0 bridgehead atoms. The normalized spacial score (nSPS) is 10.7. The van der Waals surface area contributed by atoms with Crippen LogP contribution in [0.1, 0.15) is 5.69 Å². The van der Waals surface area contributed by atoms with E-state index in [0.29, 0.717) is 0 Å². The average molecular weight is 278 g/mol. The number of hydrogen-bond acceptors (Lipinski definition) is 3. The first-order valence-electron chi connectivity index (χ1n) is 3.41. The van der Waals surface area contributed by atoms with Gasteiger partial charge in [0.2, 0.25) is 0 Å². The second-order valence-corrected chi connectivity index (χ2v) is 4.31. The van der Waals surface area contributed by atoms with Crippen molar-refractivity contribution in [1.29, 1.82) is 0 Å². The maximum atomic E-state index is 8.88. The molecule has 10 nitrogen and oxygen atoms in total. The molecule has 0 aliphatic rings. The van der Waals surface area contributed by atoms with Crippen LogP contribution in [0.25, 0.3) is 0 Å². The highest BCUT2D eigenvalue weighted by molar-refractivity contribution is 7.45. The maximum absolute atomic E-state index is 8.88. The Morgan fingerprint density at radius 3 is 1.44 bits per heavy atom. The van der Waals surface area contributed by atoms with Gasteiger partial charge in [0.05, 0.1) is 6.33 Å². The predicted octanol–water partition coefficient (Wildman–Crippen LogP) is -1.14. The third-order valence-corrected chi connectivity index (χ3v) is 0.635. The van der Waals surface area contributed by atoms with Crippen molar-refractivity contribution in [3.63, 3.8) is 0 Å². The van der Waals surface area contributed by atoms with Gasteiger partial charge < -0.3 is 34.3 Å². The standard InChI is InChI=1S/C4H6N2.2H3O4P/c1-4-2-5-3-6-4;2*1-5(2,3)4/h2-3H,1H3,(H,5,6);2*(H3,1,2,3,4). The number of nitrogens with one attached hydrogen (secondary N) is 1. The van der Waals surface area contributed by atoms with E-state index in [1.165, 1.54) is 0 Å². The molecule has 0 saturated carbocycles. The molecular formula is C4H12N2O8P2. The van der Waals surface area contributed by atoms with E-state index in [2.05, 4.69) is 9.97 Å². The lowest BCUT2D eigenvalue weighted by molar-refractivity contribution is 0.272. The van der Waals surface area contributed by atoms with Gasteiger partial charge in [-0.15, -0.1) is 0 Å². The smallest absolute Gasteiger partial charge is 0.349 e. The Hall–Kier alpha value is -0.570. The summed E-state index contributed by atoms with van der Waals surface area (Å²) in [7, 11) is -9.28. The van der Waals surface area contributed by atoms with Crippen LogP contribution in [0.2, 0.25) is 0 Å². The number of hydrogen-bond donors (Lipinski definition) is 7. The Balaban J connectivity index is 0. The Bertz CT molecular complexity index is 316. The zero-order valence-electron chi connectivity index (χ0n) is 8.00. The van der Waals surface area contributed by atoms with Crippen LogP contribution in [0.5, 0.6) is 0 Å². The van der Waals surface area contributed by atoms with Crippen molar-refractivity contribution in [2.45, 2.75) is 6.92 Å². The number of H-pyrrole nitrogens is 1. The van der Waals surface area contributed by atoms with Crippen molar-refractivity contribution in [3.05, 3.63) is 18.2 Å². The predicted molar refractivity (Wildman–Crippen MR) is 51.9 cm³/mol. The summed E-state index contributed by atoms with van der Waals surface area (Å²) in [6, 6.07) is 0. The van der Waals surface area contributed by atoms with Gasteiger partial charge in [0.1, 0.15) is 0 Å². The first kappa shape index (κ1) is 17.8. The number of aromatic amines is 1. The lowest BCUT2D eigenvalue weighted by Crippen LogP contribution is -1.66. The molecule has 1 aromatic rings. The maximum Gasteiger partial charge on any atom is 0.466 e. The molecule has 96 valence electrons. The molecule has 0 aliphatic heterocycles. The molecule has 0 amide bonds. The fourth-order valence-electron chi connectivity index (χ4n) is 0.325. The van der Waals surface area contributed by atoms with Gasteiger partial charge in [-0.2, -0.15) is 0 Å². The topological polar surface area (TPSA) is 184 Å². The summed E-state index contributed by atoms with van der Waals surface area (Å²) < 4.78 is 17.8. The largest absolute Gasteiger partial charge is 0.466 e. The van der Waals surface area contributed by atoms with E-state index in [0.717, 1.165) is 5.69 Å². The highest BCUT2D eigenvalue weighted by Crippen LogP contribution is 2.26. The van der Waals surface area contributed by atoms with Crippen LogP contribution in [0, 0.1) is 6.92 Å². The van der Waals surface area contributed by atoms with Crippen molar-refractivity contribution >= 4 is 15.6 Å². The molecule has 12 heteroatoms. The molecule has 1 aromatic heterocycles. The monoisotopic (exact) mass is 278 g/mol. The summed E-state index contributed by atoms with van der Waals surface area (Å²) in [5, 5.41) is 0. The van der Waals surface area contributed by atoms with Crippen LogP contribution >= 0.6 is 15.6 Å². The zero-order chi connectivity index (χ0) is 13.4. The highest BCUT2D eigenvalue weighted by atomic mass is 31.2.